The molecule has 0 radical (unpaired) electrons. The van der Waals surface area contributed by atoms with Gasteiger partial charge in [0.15, 0.2) is 0 Å². The second-order valence-corrected chi connectivity index (χ2v) is 8.56. The summed E-state index contributed by atoms with van der Waals surface area (Å²) in [6.07, 6.45) is 6.06. The molecule has 1 saturated heterocycles. The molecule has 1 aromatic carbocycles. The molecule has 3 saturated carbocycles. The number of fused-ring (bicyclic) bond motifs is 3. The maximum Gasteiger partial charge on any atom is 0.255 e. The van der Waals surface area contributed by atoms with Gasteiger partial charge in [0.25, 0.3) is 5.91 Å². The Labute approximate surface area is 159 Å². The number of anilines is 1. The van der Waals surface area contributed by atoms with Gasteiger partial charge in [-0.1, -0.05) is 12.1 Å². The molecule has 1 aromatic rings. The Bertz CT molecular complexity index is 761. The Balaban J connectivity index is 1.29. The van der Waals surface area contributed by atoms with Crippen molar-refractivity contribution in [2.75, 3.05) is 18.5 Å². The average Bonchev–Trinajstić information content (AvgIpc) is 3.20. The Hall–Kier alpha value is -2.08. The van der Waals surface area contributed by atoms with E-state index in [2.05, 4.69) is 16.0 Å². The van der Waals surface area contributed by atoms with Gasteiger partial charge in [0.2, 0.25) is 5.91 Å². The van der Waals surface area contributed by atoms with E-state index >= 15 is 0 Å². The van der Waals surface area contributed by atoms with Crippen molar-refractivity contribution in [1.29, 1.82) is 0 Å². The van der Waals surface area contributed by atoms with Crippen LogP contribution in [0.3, 0.4) is 0 Å². The van der Waals surface area contributed by atoms with Gasteiger partial charge in [0, 0.05) is 30.7 Å². The third-order valence-electron chi connectivity index (χ3n) is 7.01. The summed E-state index contributed by atoms with van der Waals surface area (Å²) in [5.41, 5.74) is 1.21. The van der Waals surface area contributed by atoms with E-state index in [0.29, 0.717) is 18.0 Å². The summed E-state index contributed by atoms with van der Waals surface area (Å²) < 4.78 is 5.62. The van der Waals surface area contributed by atoms with Crippen LogP contribution in [0.15, 0.2) is 24.3 Å². The first-order valence-electron chi connectivity index (χ1n) is 10.2. The van der Waals surface area contributed by atoms with Gasteiger partial charge >= 0.3 is 0 Å². The quantitative estimate of drug-likeness (QED) is 0.764. The molecular weight excluding hydrogens is 342 g/mol. The molecule has 2 aliphatic heterocycles. The molecule has 2 amide bonds. The Morgan fingerprint density at radius 2 is 2.11 bits per heavy atom. The van der Waals surface area contributed by atoms with Gasteiger partial charge in [-0.25, -0.2) is 0 Å². The second-order valence-electron chi connectivity index (χ2n) is 8.56. The van der Waals surface area contributed by atoms with Crippen LogP contribution in [0.5, 0.6) is 0 Å². The molecule has 27 heavy (non-hydrogen) atoms. The third kappa shape index (κ3) is 2.90. The van der Waals surface area contributed by atoms with Gasteiger partial charge in [0.1, 0.15) is 5.66 Å². The maximum absolute atomic E-state index is 12.8. The molecule has 144 valence electrons. The summed E-state index contributed by atoms with van der Waals surface area (Å²) in [6, 6.07) is 7.68. The van der Waals surface area contributed by atoms with Crippen LogP contribution in [0.4, 0.5) is 5.69 Å². The van der Waals surface area contributed by atoms with E-state index in [4.69, 9.17) is 4.74 Å². The molecule has 0 unspecified atom stereocenters. The van der Waals surface area contributed by atoms with Gasteiger partial charge in [0.05, 0.1) is 11.7 Å². The Morgan fingerprint density at radius 3 is 2.89 bits per heavy atom. The molecule has 3 N–H and O–H groups in total. The molecule has 5 aliphatic rings. The zero-order chi connectivity index (χ0) is 18.4. The largest absolute Gasteiger partial charge is 0.376 e. The topological polar surface area (TPSA) is 79.5 Å². The van der Waals surface area contributed by atoms with E-state index in [1.807, 2.05) is 24.3 Å². The predicted molar refractivity (Wildman–Crippen MR) is 101 cm³/mol. The minimum atomic E-state index is -0.403. The molecule has 2 bridgehead atoms. The summed E-state index contributed by atoms with van der Waals surface area (Å²) >= 11 is 0. The normalized spacial score (nSPS) is 36.8. The lowest BCUT2D eigenvalue weighted by Gasteiger charge is -2.56. The number of hydrogen-bond donors (Lipinski definition) is 3. The standard InChI is InChI=1S/C21H27N3O3/c25-19(22-12-15-4-3-9-27-15)17-10-14-8-7-13(17)11-21(14)23-18-6-2-1-5-16(18)20(26)24-21/h1-2,5-6,13-15,17,23H,3-4,7-12H2,(H,22,25)(H,24,26)/t13-,14-,15+,17+,21-/m1/s1. The zero-order valence-electron chi connectivity index (χ0n) is 15.5. The number of amides is 2. The Kier molecular flexibility index (Phi) is 4.11. The first-order chi connectivity index (χ1) is 13.1. The van der Waals surface area contributed by atoms with Crippen molar-refractivity contribution >= 4 is 17.5 Å². The molecule has 6 heteroatoms. The van der Waals surface area contributed by atoms with Gasteiger partial charge in [-0.05, 0) is 56.6 Å². The van der Waals surface area contributed by atoms with Gasteiger partial charge in [-0.2, -0.15) is 0 Å². The van der Waals surface area contributed by atoms with Crippen LogP contribution in [0.2, 0.25) is 0 Å². The summed E-state index contributed by atoms with van der Waals surface area (Å²) in [7, 11) is 0. The minimum Gasteiger partial charge on any atom is -0.376 e. The van der Waals surface area contributed by atoms with Gasteiger partial charge in [-0.15, -0.1) is 0 Å². The van der Waals surface area contributed by atoms with E-state index in [-0.39, 0.29) is 29.8 Å². The number of para-hydroxylation sites is 1. The zero-order valence-corrected chi connectivity index (χ0v) is 15.5. The van der Waals surface area contributed by atoms with Crippen molar-refractivity contribution in [3.8, 4) is 0 Å². The fourth-order valence-corrected chi connectivity index (χ4v) is 5.62. The van der Waals surface area contributed by atoms with E-state index in [0.717, 1.165) is 50.8 Å². The molecule has 6 nitrogen and oxygen atoms in total. The molecule has 1 spiro atoms. The van der Waals surface area contributed by atoms with Crippen molar-refractivity contribution in [2.24, 2.45) is 17.8 Å². The number of rotatable bonds is 3. The molecule has 0 aromatic heterocycles. The SMILES string of the molecule is O=C1N[C@@]2(C[C@H]3CC[C@@H]2C[C@@H]3C(=O)NC[C@@H]2CCCO2)Nc2ccccc21. The van der Waals surface area contributed by atoms with E-state index in [9.17, 15) is 9.59 Å². The highest BCUT2D eigenvalue weighted by Gasteiger charge is 2.55. The van der Waals surface area contributed by atoms with Crippen molar-refractivity contribution in [1.82, 2.24) is 10.6 Å². The van der Waals surface area contributed by atoms with Gasteiger partial charge in [-0.3, -0.25) is 9.59 Å². The summed E-state index contributed by atoms with van der Waals surface area (Å²) in [4.78, 5) is 25.5. The number of hydrogen-bond acceptors (Lipinski definition) is 4. The first-order valence-corrected chi connectivity index (χ1v) is 10.2. The van der Waals surface area contributed by atoms with E-state index in [1.54, 1.807) is 0 Å². The summed E-state index contributed by atoms with van der Waals surface area (Å²) in [5.74, 6) is 0.788. The fourth-order valence-electron chi connectivity index (χ4n) is 5.62. The van der Waals surface area contributed by atoms with Gasteiger partial charge < -0.3 is 20.7 Å². The highest BCUT2D eigenvalue weighted by atomic mass is 16.5. The summed E-state index contributed by atoms with van der Waals surface area (Å²) in [6.45, 7) is 1.43. The summed E-state index contributed by atoms with van der Waals surface area (Å²) in [5, 5.41) is 10.0. The van der Waals surface area contributed by atoms with E-state index < -0.39 is 5.66 Å². The number of carbonyl (C=O) groups is 2. The predicted octanol–water partition coefficient (Wildman–Crippen LogP) is 2.27. The minimum absolute atomic E-state index is 0.00344. The van der Waals surface area contributed by atoms with Crippen molar-refractivity contribution < 1.29 is 14.3 Å². The smallest absolute Gasteiger partial charge is 0.255 e. The van der Waals surface area contributed by atoms with Crippen LogP contribution in [-0.2, 0) is 9.53 Å². The lowest BCUT2D eigenvalue weighted by atomic mass is 9.58. The lowest BCUT2D eigenvalue weighted by molar-refractivity contribution is -0.132. The molecular formula is C21H27N3O3. The molecule has 4 fully saturated rings. The first kappa shape index (κ1) is 17.0. The molecule has 3 aliphatic carbocycles. The number of benzene rings is 1. The van der Waals surface area contributed by atoms with Crippen LogP contribution in [0.1, 0.15) is 48.9 Å². The van der Waals surface area contributed by atoms with Crippen molar-refractivity contribution in [2.45, 2.75) is 50.3 Å². The van der Waals surface area contributed by atoms with Crippen molar-refractivity contribution in [3.63, 3.8) is 0 Å². The van der Waals surface area contributed by atoms with E-state index in [1.165, 1.54) is 0 Å². The molecule has 2 heterocycles. The molecule has 5 atom stereocenters. The van der Waals surface area contributed by atoms with Crippen LogP contribution >= 0.6 is 0 Å². The lowest BCUT2D eigenvalue weighted by Crippen LogP contribution is -2.68. The number of nitrogens with one attached hydrogen (secondary N) is 3. The molecule has 6 rings (SSSR count). The highest BCUT2D eigenvalue weighted by molar-refractivity contribution is 6.02. The van der Waals surface area contributed by atoms with Crippen LogP contribution in [-0.4, -0.2) is 36.7 Å². The van der Waals surface area contributed by atoms with Crippen molar-refractivity contribution in [3.05, 3.63) is 29.8 Å². The maximum atomic E-state index is 12.8. The van der Waals surface area contributed by atoms with Crippen LogP contribution in [0, 0.1) is 17.8 Å². The average molecular weight is 369 g/mol. The Morgan fingerprint density at radius 1 is 1.22 bits per heavy atom. The highest BCUT2D eigenvalue weighted by Crippen LogP contribution is 2.51. The second kappa shape index (κ2) is 6.51. The number of carbonyl (C=O) groups excluding carboxylic acids is 2. The fraction of sp³-hybridized carbons (Fsp3) is 0.619. The number of ether oxygens (including phenoxy) is 1. The monoisotopic (exact) mass is 369 g/mol. The van der Waals surface area contributed by atoms with Crippen LogP contribution < -0.4 is 16.0 Å². The third-order valence-corrected chi connectivity index (χ3v) is 7.01. The van der Waals surface area contributed by atoms with Crippen LogP contribution in [0.25, 0.3) is 0 Å².